The zero-order valence-electron chi connectivity index (χ0n) is 18.2. The van der Waals surface area contributed by atoms with E-state index < -0.39 is 0 Å². The molecule has 1 aromatic carbocycles. The Balaban J connectivity index is 1.72. The Morgan fingerprint density at radius 2 is 1.90 bits per heavy atom. The number of nitrogens with one attached hydrogen (secondary N) is 1. The Hall–Kier alpha value is -3.07. The van der Waals surface area contributed by atoms with E-state index in [1.807, 2.05) is 12.1 Å². The smallest absolute Gasteiger partial charge is 0.255 e. The fraction of sp³-hybridized carbons (Fsp3) is 0.364. The Morgan fingerprint density at radius 3 is 2.58 bits per heavy atom. The average molecular weight is 442 g/mol. The molecular formula is C22H27N5O3S. The third kappa shape index (κ3) is 5.97. The second kappa shape index (κ2) is 10.8. The Labute approximate surface area is 186 Å². The van der Waals surface area contributed by atoms with Gasteiger partial charge >= 0.3 is 0 Å². The van der Waals surface area contributed by atoms with E-state index in [2.05, 4.69) is 38.9 Å². The molecule has 8 nitrogen and oxygen atoms in total. The molecule has 0 fully saturated rings. The van der Waals surface area contributed by atoms with Crippen molar-refractivity contribution in [3.8, 4) is 11.5 Å². The van der Waals surface area contributed by atoms with E-state index in [4.69, 9.17) is 9.47 Å². The van der Waals surface area contributed by atoms with E-state index in [0.29, 0.717) is 28.8 Å². The predicted molar refractivity (Wildman–Crippen MR) is 119 cm³/mol. The lowest BCUT2D eigenvalue weighted by molar-refractivity contribution is 0.0946. The maximum Gasteiger partial charge on any atom is 0.255 e. The van der Waals surface area contributed by atoms with Crippen molar-refractivity contribution in [2.75, 3.05) is 14.2 Å². The third-order valence-corrected chi connectivity index (χ3v) is 5.56. The van der Waals surface area contributed by atoms with Crippen LogP contribution in [-0.2, 0) is 18.8 Å². The molecule has 2 aromatic heterocycles. The van der Waals surface area contributed by atoms with Crippen LogP contribution < -0.4 is 14.8 Å². The average Bonchev–Trinajstić information content (AvgIpc) is 3.16. The molecule has 31 heavy (non-hydrogen) atoms. The van der Waals surface area contributed by atoms with Gasteiger partial charge in [-0.3, -0.25) is 9.78 Å². The van der Waals surface area contributed by atoms with E-state index in [-0.39, 0.29) is 12.5 Å². The minimum Gasteiger partial charge on any atom is -0.497 e. The number of aromatic nitrogens is 4. The zero-order chi connectivity index (χ0) is 22.2. The fourth-order valence-corrected chi connectivity index (χ4v) is 3.90. The van der Waals surface area contributed by atoms with Crippen LogP contribution >= 0.6 is 11.8 Å². The predicted octanol–water partition coefficient (Wildman–Crippen LogP) is 3.57. The molecule has 0 atom stereocenters. The van der Waals surface area contributed by atoms with Crippen molar-refractivity contribution in [1.82, 2.24) is 25.1 Å². The topological polar surface area (TPSA) is 91.2 Å². The molecule has 164 valence electrons. The number of amides is 1. The molecule has 0 bridgehead atoms. The van der Waals surface area contributed by atoms with Crippen molar-refractivity contribution >= 4 is 17.7 Å². The molecule has 0 spiro atoms. The highest BCUT2D eigenvalue weighted by Crippen LogP contribution is 2.25. The fourth-order valence-electron chi connectivity index (χ4n) is 2.97. The lowest BCUT2D eigenvalue weighted by Gasteiger charge is -2.14. The first-order valence-corrected chi connectivity index (χ1v) is 10.9. The van der Waals surface area contributed by atoms with Gasteiger partial charge in [0.15, 0.2) is 11.0 Å². The largest absolute Gasteiger partial charge is 0.497 e. The molecule has 1 N–H and O–H groups in total. The molecule has 9 heteroatoms. The van der Waals surface area contributed by atoms with Gasteiger partial charge in [0.05, 0.1) is 26.3 Å². The van der Waals surface area contributed by atoms with Crippen LogP contribution in [0, 0.1) is 5.92 Å². The number of pyridine rings is 1. The summed E-state index contributed by atoms with van der Waals surface area (Å²) in [4.78, 5) is 16.8. The molecule has 1 amide bonds. The minimum atomic E-state index is -0.246. The van der Waals surface area contributed by atoms with E-state index >= 15 is 0 Å². The quantitative estimate of drug-likeness (QED) is 0.481. The van der Waals surface area contributed by atoms with Crippen molar-refractivity contribution < 1.29 is 14.3 Å². The first kappa shape index (κ1) is 22.6. The number of carbonyl (C=O) groups is 1. The molecule has 0 aliphatic rings. The van der Waals surface area contributed by atoms with Crippen LogP contribution in [0.15, 0.2) is 47.9 Å². The maximum atomic E-state index is 12.7. The molecule has 0 unspecified atom stereocenters. The Morgan fingerprint density at radius 1 is 1.13 bits per heavy atom. The molecule has 3 rings (SSSR count). The van der Waals surface area contributed by atoms with Gasteiger partial charge in [-0.25, -0.2) is 0 Å². The monoisotopic (exact) mass is 441 g/mol. The molecule has 0 saturated carbocycles. The highest BCUT2D eigenvalue weighted by atomic mass is 32.2. The SMILES string of the molecule is COc1ccc(C(=O)NCc2nnc(SCc3ccncc3)n2CC(C)C)c(OC)c1. The number of hydrogen-bond acceptors (Lipinski definition) is 7. The molecular weight excluding hydrogens is 414 g/mol. The molecule has 0 saturated heterocycles. The van der Waals surface area contributed by atoms with Crippen molar-refractivity contribution in [1.29, 1.82) is 0 Å². The van der Waals surface area contributed by atoms with Crippen molar-refractivity contribution in [2.45, 2.75) is 37.8 Å². The van der Waals surface area contributed by atoms with Gasteiger partial charge in [-0.05, 0) is 35.7 Å². The van der Waals surface area contributed by atoms with E-state index in [9.17, 15) is 4.79 Å². The Kier molecular flexibility index (Phi) is 7.88. The highest BCUT2D eigenvalue weighted by molar-refractivity contribution is 7.98. The van der Waals surface area contributed by atoms with Gasteiger partial charge in [0.2, 0.25) is 0 Å². The van der Waals surface area contributed by atoms with Gasteiger partial charge in [-0.2, -0.15) is 0 Å². The molecule has 0 aliphatic carbocycles. The van der Waals surface area contributed by atoms with Gasteiger partial charge in [0.1, 0.15) is 11.5 Å². The molecule has 0 radical (unpaired) electrons. The summed E-state index contributed by atoms with van der Waals surface area (Å²) in [6, 6.07) is 9.07. The number of benzene rings is 1. The summed E-state index contributed by atoms with van der Waals surface area (Å²) in [7, 11) is 3.09. The van der Waals surface area contributed by atoms with Gasteiger partial charge in [0, 0.05) is 30.8 Å². The van der Waals surface area contributed by atoms with Crippen LogP contribution in [0.5, 0.6) is 11.5 Å². The first-order valence-electron chi connectivity index (χ1n) is 9.95. The number of nitrogens with zero attached hydrogens (tertiary/aromatic N) is 4. The van der Waals surface area contributed by atoms with Crippen molar-refractivity contribution in [3.05, 3.63) is 59.7 Å². The summed E-state index contributed by atoms with van der Waals surface area (Å²) in [5, 5.41) is 12.4. The van der Waals surface area contributed by atoms with Crippen LogP contribution in [0.25, 0.3) is 0 Å². The van der Waals surface area contributed by atoms with Crippen molar-refractivity contribution in [3.63, 3.8) is 0 Å². The summed E-state index contributed by atoms with van der Waals surface area (Å²) >= 11 is 1.62. The van der Waals surface area contributed by atoms with Gasteiger partial charge in [-0.1, -0.05) is 25.6 Å². The summed E-state index contributed by atoms with van der Waals surface area (Å²) in [5.74, 6) is 2.73. The normalized spacial score (nSPS) is 10.9. The summed E-state index contributed by atoms with van der Waals surface area (Å²) in [5.41, 5.74) is 1.60. The molecule has 2 heterocycles. The number of ether oxygens (including phenoxy) is 2. The minimum absolute atomic E-state index is 0.246. The first-order chi connectivity index (χ1) is 15.0. The van der Waals surface area contributed by atoms with Crippen LogP contribution in [0.2, 0.25) is 0 Å². The summed E-state index contributed by atoms with van der Waals surface area (Å²) in [6.45, 7) is 5.32. The van der Waals surface area contributed by atoms with Crippen LogP contribution in [0.3, 0.4) is 0 Å². The second-order valence-corrected chi connectivity index (χ2v) is 8.24. The van der Waals surface area contributed by atoms with Gasteiger partial charge in [0.25, 0.3) is 5.91 Å². The lowest BCUT2D eigenvalue weighted by atomic mass is 10.1. The zero-order valence-corrected chi connectivity index (χ0v) is 19.0. The standard InChI is InChI=1S/C22H27N5O3S/c1-15(2)13-27-20(25-26-22(27)31-14-16-7-9-23-10-8-16)12-24-21(28)18-6-5-17(29-3)11-19(18)30-4/h5-11,15H,12-14H2,1-4H3,(H,24,28). The van der Waals surface area contributed by atoms with E-state index in [1.165, 1.54) is 12.7 Å². The molecule has 3 aromatic rings. The Bertz CT molecular complexity index is 1010. The van der Waals surface area contributed by atoms with Crippen LogP contribution in [0.4, 0.5) is 0 Å². The van der Waals surface area contributed by atoms with Gasteiger partial charge < -0.3 is 19.4 Å². The summed E-state index contributed by atoms with van der Waals surface area (Å²) in [6.07, 6.45) is 3.56. The third-order valence-electron chi connectivity index (χ3n) is 4.52. The maximum absolute atomic E-state index is 12.7. The lowest BCUT2D eigenvalue weighted by Crippen LogP contribution is -2.25. The van der Waals surface area contributed by atoms with Crippen LogP contribution in [0.1, 0.15) is 35.6 Å². The number of rotatable bonds is 10. The highest BCUT2D eigenvalue weighted by Gasteiger charge is 2.17. The number of hydrogen-bond donors (Lipinski definition) is 1. The number of thioether (sulfide) groups is 1. The van der Waals surface area contributed by atoms with Crippen molar-refractivity contribution in [2.24, 2.45) is 5.92 Å². The van der Waals surface area contributed by atoms with E-state index in [1.54, 1.807) is 49.5 Å². The number of methoxy groups -OCH3 is 2. The van der Waals surface area contributed by atoms with Crippen LogP contribution in [-0.4, -0.2) is 39.9 Å². The van der Waals surface area contributed by atoms with Gasteiger partial charge in [-0.15, -0.1) is 10.2 Å². The summed E-state index contributed by atoms with van der Waals surface area (Å²) < 4.78 is 12.6. The van der Waals surface area contributed by atoms with E-state index in [0.717, 1.165) is 17.5 Å². The number of carbonyl (C=O) groups excluding carboxylic acids is 1. The molecule has 0 aliphatic heterocycles. The second-order valence-electron chi connectivity index (χ2n) is 7.30.